The Balaban J connectivity index is 2.93. The van der Waals surface area contributed by atoms with Crippen molar-refractivity contribution < 1.29 is 13.5 Å². The highest BCUT2D eigenvalue weighted by Crippen LogP contribution is 2.29. The van der Waals surface area contributed by atoms with Gasteiger partial charge in [0.25, 0.3) is 0 Å². The summed E-state index contributed by atoms with van der Waals surface area (Å²) in [6.45, 7) is -2.85. The first-order valence-electron chi connectivity index (χ1n) is 3.77. The van der Waals surface area contributed by atoms with Gasteiger partial charge in [-0.25, -0.2) is 0 Å². The molecule has 0 aliphatic carbocycles. The van der Waals surface area contributed by atoms with E-state index in [1.807, 2.05) is 6.26 Å². The molecule has 0 aromatic heterocycles. The monoisotopic (exact) mass is 220 g/mol. The molecule has 0 atom stereocenters. The van der Waals surface area contributed by atoms with Crippen LogP contribution in [0.1, 0.15) is 0 Å². The summed E-state index contributed by atoms with van der Waals surface area (Å²) in [5.41, 5.74) is 2.65. The van der Waals surface area contributed by atoms with Crippen molar-refractivity contribution in [2.24, 2.45) is 5.84 Å². The zero-order valence-corrected chi connectivity index (χ0v) is 8.28. The fourth-order valence-corrected chi connectivity index (χ4v) is 1.39. The van der Waals surface area contributed by atoms with Gasteiger partial charge in [0.2, 0.25) is 0 Å². The molecular weight excluding hydrogens is 210 g/mol. The van der Waals surface area contributed by atoms with E-state index in [-0.39, 0.29) is 5.75 Å². The smallest absolute Gasteiger partial charge is 0.387 e. The number of anilines is 1. The Bertz CT molecular complexity index is 309. The Labute approximate surface area is 84.6 Å². The van der Waals surface area contributed by atoms with Gasteiger partial charge in [0.15, 0.2) is 5.75 Å². The molecule has 3 nitrogen and oxygen atoms in total. The SMILES string of the molecule is CSc1ccc(OC(F)F)c(NN)c1. The van der Waals surface area contributed by atoms with Crippen molar-refractivity contribution in [3.05, 3.63) is 18.2 Å². The van der Waals surface area contributed by atoms with E-state index in [0.717, 1.165) is 4.90 Å². The van der Waals surface area contributed by atoms with Crippen molar-refractivity contribution >= 4 is 17.4 Å². The third-order valence-corrected chi connectivity index (χ3v) is 2.28. The first-order valence-corrected chi connectivity index (χ1v) is 4.99. The van der Waals surface area contributed by atoms with Crippen LogP contribution in [0.25, 0.3) is 0 Å². The molecular formula is C8H10F2N2OS. The lowest BCUT2D eigenvalue weighted by molar-refractivity contribution is -0.0493. The van der Waals surface area contributed by atoms with Gasteiger partial charge >= 0.3 is 6.61 Å². The molecule has 0 spiro atoms. The minimum absolute atomic E-state index is 0.0419. The zero-order valence-electron chi connectivity index (χ0n) is 7.46. The number of nitrogens with two attached hydrogens (primary N) is 1. The van der Waals surface area contributed by atoms with Crippen molar-refractivity contribution in [2.45, 2.75) is 11.5 Å². The summed E-state index contributed by atoms with van der Waals surface area (Å²) in [4.78, 5) is 0.916. The number of ether oxygens (including phenoxy) is 1. The van der Waals surface area contributed by atoms with Gasteiger partial charge in [-0.15, -0.1) is 11.8 Å². The van der Waals surface area contributed by atoms with Crippen LogP contribution in [0.3, 0.4) is 0 Å². The number of rotatable bonds is 4. The molecule has 6 heteroatoms. The Hall–Kier alpha value is -1.01. The summed E-state index contributed by atoms with van der Waals surface area (Å²) in [5, 5.41) is 0. The molecule has 1 rings (SSSR count). The van der Waals surface area contributed by atoms with Crippen molar-refractivity contribution in [3.63, 3.8) is 0 Å². The van der Waals surface area contributed by atoms with Gasteiger partial charge in [0, 0.05) is 4.90 Å². The van der Waals surface area contributed by atoms with Crippen LogP contribution < -0.4 is 16.0 Å². The first kappa shape index (κ1) is 11.1. The number of hydrogen-bond acceptors (Lipinski definition) is 4. The van der Waals surface area contributed by atoms with E-state index >= 15 is 0 Å². The highest BCUT2D eigenvalue weighted by molar-refractivity contribution is 7.98. The fourth-order valence-electron chi connectivity index (χ4n) is 0.948. The topological polar surface area (TPSA) is 47.3 Å². The molecule has 0 aliphatic heterocycles. The molecule has 0 saturated heterocycles. The normalized spacial score (nSPS) is 10.4. The van der Waals surface area contributed by atoms with Gasteiger partial charge in [-0.1, -0.05) is 0 Å². The molecule has 0 heterocycles. The van der Waals surface area contributed by atoms with Crippen LogP contribution in [0.2, 0.25) is 0 Å². The van der Waals surface area contributed by atoms with Crippen LogP contribution in [0, 0.1) is 0 Å². The number of hydrazine groups is 1. The quantitative estimate of drug-likeness (QED) is 0.464. The molecule has 0 unspecified atom stereocenters. The van der Waals surface area contributed by atoms with Crippen LogP contribution in [0.4, 0.5) is 14.5 Å². The number of thioether (sulfide) groups is 1. The lowest BCUT2D eigenvalue weighted by atomic mass is 10.3. The molecule has 0 fully saturated rings. The second kappa shape index (κ2) is 5.02. The van der Waals surface area contributed by atoms with E-state index in [1.165, 1.54) is 17.8 Å². The highest BCUT2D eigenvalue weighted by Gasteiger charge is 2.09. The van der Waals surface area contributed by atoms with Gasteiger partial charge in [0.1, 0.15) is 0 Å². The molecule has 3 N–H and O–H groups in total. The van der Waals surface area contributed by atoms with Gasteiger partial charge in [-0.05, 0) is 24.5 Å². The minimum Gasteiger partial charge on any atom is -0.433 e. The fraction of sp³-hybridized carbons (Fsp3) is 0.250. The molecule has 0 bridgehead atoms. The second-order valence-electron chi connectivity index (χ2n) is 2.38. The Morgan fingerprint density at radius 2 is 2.21 bits per heavy atom. The molecule has 0 amide bonds. The van der Waals surface area contributed by atoms with Gasteiger partial charge in [-0.3, -0.25) is 5.84 Å². The average Bonchev–Trinajstić information content (AvgIpc) is 2.17. The number of nitrogens with one attached hydrogen (secondary N) is 1. The van der Waals surface area contributed by atoms with Gasteiger partial charge in [0.05, 0.1) is 5.69 Å². The van der Waals surface area contributed by atoms with Crippen LogP contribution in [0.15, 0.2) is 23.1 Å². The predicted molar refractivity (Wildman–Crippen MR) is 52.7 cm³/mol. The maximum Gasteiger partial charge on any atom is 0.387 e. The number of alkyl halides is 2. The van der Waals surface area contributed by atoms with Crippen LogP contribution in [-0.2, 0) is 0 Å². The Morgan fingerprint density at radius 1 is 1.50 bits per heavy atom. The largest absolute Gasteiger partial charge is 0.433 e. The number of nitrogen functional groups attached to an aromatic ring is 1. The van der Waals surface area contributed by atoms with E-state index in [0.29, 0.717) is 5.69 Å². The molecule has 0 radical (unpaired) electrons. The Kier molecular flexibility index (Phi) is 3.97. The minimum atomic E-state index is -2.85. The number of benzene rings is 1. The molecule has 0 aliphatic rings. The molecule has 1 aromatic carbocycles. The van der Waals surface area contributed by atoms with E-state index in [2.05, 4.69) is 10.2 Å². The molecule has 14 heavy (non-hydrogen) atoms. The summed E-state index contributed by atoms with van der Waals surface area (Å²) in [6, 6.07) is 4.78. The first-order chi connectivity index (χ1) is 6.67. The molecule has 0 saturated carbocycles. The lowest BCUT2D eigenvalue weighted by Crippen LogP contribution is -2.10. The second-order valence-corrected chi connectivity index (χ2v) is 3.26. The zero-order chi connectivity index (χ0) is 10.6. The van der Waals surface area contributed by atoms with Crippen LogP contribution >= 0.6 is 11.8 Å². The van der Waals surface area contributed by atoms with Crippen molar-refractivity contribution in [2.75, 3.05) is 11.7 Å². The van der Waals surface area contributed by atoms with Gasteiger partial charge in [-0.2, -0.15) is 8.78 Å². The van der Waals surface area contributed by atoms with E-state index < -0.39 is 6.61 Å². The third kappa shape index (κ3) is 2.74. The van der Waals surface area contributed by atoms with Crippen molar-refractivity contribution in [1.29, 1.82) is 0 Å². The molecule has 78 valence electrons. The van der Waals surface area contributed by atoms with Gasteiger partial charge < -0.3 is 10.2 Å². The lowest BCUT2D eigenvalue weighted by Gasteiger charge is -2.10. The standard InChI is InChI=1S/C8H10F2N2OS/c1-14-5-2-3-7(13-8(9)10)6(4-5)12-11/h2-4,8,12H,11H2,1H3. The number of hydrogen-bond donors (Lipinski definition) is 2. The third-order valence-electron chi connectivity index (χ3n) is 1.56. The van der Waals surface area contributed by atoms with Crippen LogP contribution in [-0.4, -0.2) is 12.9 Å². The summed E-state index contributed by atoms with van der Waals surface area (Å²) >= 11 is 1.49. The predicted octanol–water partition coefficient (Wildman–Crippen LogP) is 2.30. The maximum absolute atomic E-state index is 11.9. The maximum atomic E-state index is 11.9. The average molecular weight is 220 g/mol. The number of halogens is 2. The summed E-state index contributed by atoms with van der Waals surface area (Å²) in [5.74, 6) is 5.21. The van der Waals surface area contributed by atoms with Crippen molar-refractivity contribution in [1.82, 2.24) is 0 Å². The molecule has 1 aromatic rings. The Morgan fingerprint density at radius 3 is 2.71 bits per heavy atom. The van der Waals surface area contributed by atoms with Crippen molar-refractivity contribution in [3.8, 4) is 5.75 Å². The summed E-state index contributed by atoms with van der Waals surface area (Å²) in [6.07, 6.45) is 1.88. The van der Waals surface area contributed by atoms with Crippen LogP contribution in [0.5, 0.6) is 5.75 Å². The highest BCUT2D eigenvalue weighted by atomic mass is 32.2. The van der Waals surface area contributed by atoms with E-state index in [1.54, 1.807) is 12.1 Å². The summed E-state index contributed by atoms with van der Waals surface area (Å²) < 4.78 is 28.1. The van der Waals surface area contributed by atoms with E-state index in [4.69, 9.17) is 5.84 Å². The van der Waals surface area contributed by atoms with E-state index in [9.17, 15) is 8.78 Å². The summed E-state index contributed by atoms with van der Waals surface area (Å²) in [7, 11) is 0.